The molecule has 0 aromatic rings. The molecule has 1 radical (unpaired) electrons. The second-order valence-corrected chi connectivity index (χ2v) is 0.109. The van der Waals surface area contributed by atoms with Crippen LogP contribution in [0.25, 0.3) is 0 Å². The van der Waals surface area contributed by atoms with E-state index < -0.39 is 0 Å². The van der Waals surface area contributed by atoms with Crippen molar-refractivity contribution in [3.63, 3.8) is 0 Å². The average Bonchev–Trinajstić information content (AvgIpc) is 0.918. The zero-order chi connectivity index (χ0) is 2.71. The largest absolute Gasteiger partial charge is 0.373 e. The zero-order valence-electron chi connectivity index (χ0n) is 2.07. The molecule has 0 atom stereocenters. The maximum absolute atomic E-state index is 9.68. The number of rotatable bonds is 0. The Morgan fingerprint density at radius 1 is 1.75 bits per heavy atom. The summed E-state index contributed by atoms with van der Waals surface area (Å²) in [7, 11) is 2.32. The van der Waals surface area contributed by atoms with E-state index in [0.29, 0.717) is 0 Å². The van der Waals surface area contributed by atoms with Gasteiger partial charge in [0.05, 0.1) is 0 Å². The summed E-state index contributed by atoms with van der Waals surface area (Å²) in [5.74, 6) is 0. The summed E-state index contributed by atoms with van der Waals surface area (Å²) in [5, 5.41) is 0. The van der Waals surface area contributed by atoms with Crippen molar-refractivity contribution in [3.05, 3.63) is 7.11 Å². The van der Waals surface area contributed by atoms with Gasteiger partial charge in [0.1, 0.15) is 0 Å². The van der Waals surface area contributed by atoms with Crippen molar-refractivity contribution in [3.8, 4) is 0 Å². The quantitative estimate of drug-likeness (QED) is 0.447. The summed E-state index contributed by atoms with van der Waals surface area (Å²) in [4.78, 5) is 2.50. The summed E-state index contributed by atoms with van der Waals surface area (Å²) in [5.41, 5.74) is 0. The van der Waals surface area contributed by atoms with Gasteiger partial charge >= 0.3 is 0 Å². The van der Waals surface area contributed by atoms with Crippen LogP contribution in [0.5, 0.6) is 0 Å². The normalized spacial score (nSPS) is 4.50. The van der Waals surface area contributed by atoms with Gasteiger partial charge in [-0.2, -0.15) is 7.11 Å². The van der Waals surface area contributed by atoms with Gasteiger partial charge in [-0.15, -0.1) is 0 Å². The molecule has 1 nitrogen and oxygen atoms in total. The van der Waals surface area contributed by atoms with Gasteiger partial charge < -0.3 is 4.94 Å². The van der Waals surface area contributed by atoms with Crippen molar-refractivity contribution < 1.29 is 42.2 Å². The van der Waals surface area contributed by atoms with Gasteiger partial charge in [0.25, 0.3) is 0 Å². The van der Waals surface area contributed by atoms with Crippen molar-refractivity contribution in [2.24, 2.45) is 0 Å². The fraction of sp³-hybridized carbons (Fsp3) is 0. The Labute approximate surface area is 49.3 Å². The molecular formula is CH2FOY-. The van der Waals surface area contributed by atoms with E-state index in [9.17, 15) is 4.53 Å². The van der Waals surface area contributed by atoms with Crippen molar-refractivity contribution in [1.82, 2.24) is 0 Å². The van der Waals surface area contributed by atoms with Crippen LogP contribution in [0.4, 0.5) is 4.53 Å². The second-order valence-electron chi connectivity index (χ2n) is 0.109. The van der Waals surface area contributed by atoms with E-state index in [1.807, 2.05) is 0 Å². The molecule has 23 valence electrons. The molecule has 0 spiro atoms. The van der Waals surface area contributed by atoms with Crippen molar-refractivity contribution in [2.75, 3.05) is 0 Å². The predicted molar refractivity (Wildman–Crippen MR) is 7.55 cm³/mol. The molecule has 0 amide bonds. The molecule has 0 unspecified atom stereocenters. The number of halogens is 1. The smallest absolute Gasteiger partial charge is 0 e. The third-order valence-corrected chi connectivity index (χ3v) is 0. The molecule has 0 aliphatic heterocycles. The molecule has 0 aliphatic rings. The van der Waals surface area contributed by atoms with Crippen molar-refractivity contribution >= 4 is 0 Å². The first kappa shape index (κ1) is 8.89. The van der Waals surface area contributed by atoms with Gasteiger partial charge in [-0.1, -0.05) is 4.53 Å². The summed E-state index contributed by atoms with van der Waals surface area (Å²) >= 11 is 0. The third kappa shape index (κ3) is 12.0. The van der Waals surface area contributed by atoms with E-state index in [2.05, 4.69) is 12.1 Å². The SMILES string of the molecule is [CH2-]OF.[Y]. The van der Waals surface area contributed by atoms with E-state index in [-0.39, 0.29) is 32.7 Å². The molecule has 0 aliphatic carbocycles. The van der Waals surface area contributed by atoms with Crippen LogP contribution in [-0.4, -0.2) is 0 Å². The molecule has 0 saturated carbocycles. The minimum atomic E-state index is 0. The van der Waals surface area contributed by atoms with Crippen LogP contribution in [-0.2, 0) is 37.7 Å². The Morgan fingerprint density at radius 3 is 1.75 bits per heavy atom. The van der Waals surface area contributed by atoms with Crippen molar-refractivity contribution in [1.29, 1.82) is 0 Å². The van der Waals surface area contributed by atoms with E-state index in [0.717, 1.165) is 0 Å². The van der Waals surface area contributed by atoms with E-state index in [4.69, 9.17) is 0 Å². The van der Waals surface area contributed by atoms with Gasteiger partial charge in [0.15, 0.2) is 0 Å². The Morgan fingerprint density at radius 2 is 1.75 bits per heavy atom. The molecule has 0 N–H and O–H groups in total. The van der Waals surface area contributed by atoms with Gasteiger partial charge in [0, 0.05) is 32.7 Å². The van der Waals surface area contributed by atoms with Crippen LogP contribution < -0.4 is 0 Å². The van der Waals surface area contributed by atoms with Crippen LogP contribution in [0.15, 0.2) is 0 Å². The van der Waals surface area contributed by atoms with E-state index in [1.54, 1.807) is 0 Å². The van der Waals surface area contributed by atoms with Crippen molar-refractivity contribution in [2.45, 2.75) is 0 Å². The molecule has 0 rings (SSSR count). The fourth-order valence-electron chi connectivity index (χ4n) is 0. The molecule has 0 bridgehead atoms. The molecular weight excluding hydrogens is 136 g/mol. The Bertz CT molecular complexity index is 8.00. The molecule has 3 heteroatoms. The first-order valence-electron chi connectivity index (χ1n) is 0.443. The molecule has 0 aromatic heterocycles. The Hall–Kier alpha value is 0.994. The maximum atomic E-state index is 9.68. The summed E-state index contributed by atoms with van der Waals surface area (Å²) < 4.78 is 9.68. The van der Waals surface area contributed by atoms with Crippen LogP contribution in [0.3, 0.4) is 0 Å². The molecule has 0 fully saturated rings. The number of hydrogen-bond donors (Lipinski definition) is 0. The summed E-state index contributed by atoms with van der Waals surface area (Å²) in [6.07, 6.45) is 0. The summed E-state index contributed by atoms with van der Waals surface area (Å²) in [6.45, 7) is 0. The standard InChI is InChI=1S/CH2FO.Y/c1-3-2;/h1H2;/q-1;. The number of hydrogen-bond acceptors (Lipinski definition) is 1. The topological polar surface area (TPSA) is 9.23 Å². The molecule has 4 heavy (non-hydrogen) atoms. The Kier molecular flexibility index (Phi) is 20.0. The average molecular weight is 138 g/mol. The monoisotopic (exact) mass is 138 g/mol. The molecule has 0 aromatic carbocycles. The molecule has 0 saturated heterocycles. The Balaban J connectivity index is 0. The zero-order valence-corrected chi connectivity index (χ0v) is 4.91. The maximum Gasteiger partial charge on any atom is 0 e. The predicted octanol–water partition coefficient (Wildman–Crippen LogP) is 0.677. The van der Waals surface area contributed by atoms with Gasteiger partial charge in [-0.05, 0) is 0 Å². The minimum absolute atomic E-state index is 0. The second kappa shape index (κ2) is 9.00. The fourth-order valence-corrected chi connectivity index (χ4v) is 0. The minimum Gasteiger partial charge on any atom is -0.373 e. The molecule has 0 heterocycles. The first-order chi connectivity index (χ1) is 1.41. The van der Waals surface area contributed by atoms with Crippen LogP contribution in [0.2, 0.25) is 0 Å². The van der Waals surface area contributed by atoms with Gasteiger partial charge in [-0.3, -0.25) is 0 Å². The van der Waals surface area contributed by atoms with Crippen LogP contribution in [0, 0.1) is 7.11 Å². The first-order valence-corrected chi connectivity index (χ1v) is 0.443. The summed E-state index contributed by atoms with van der Waals surface area (Å²) in [6, 6.07) is 0. The van der Waals surface area contributed by atoms with E-state index >= 15 is 0 Å². The van der Waals surface area contributed by atoms with Crippen LogP contribution >= 0.6 is 0 Å². The third-order valence-electron chi connectivity index (χ3n) is 0. The van der Waals surface area contributed by atoms with E-state index in [1.165, 1.54) is 0 Å². The van der Waals surface area contributed by atoms with Gasteiger partial charge in [0.2, 0.25) is 0 Å². The van der Waals surface area contributed by atoms with Crippen LogP contribution in [0.1, 0.15) is 0 Å². The van der Waals surface area contributed by atoms with Gasteiger partial charge in [-0.25, -0.2) is 0 Å².